The highest BCUT2D eigenvalue weighted by Gasteiger charge is 2.51. The van der Waals surface area contributed by atoms with Crippen LogP contribution < -0.4 is 14.4 Å². The first-order valence-corrected chi connectivity index (χ1v) is 14.9. The van der Waals surface area contributed by atoms with E-state index >= 15 is 0 Å². The molecule has 3 fully saturated rings. The quantitative estimate of drug-likeness (QED) is 0.365. The highest BCUT2D eigenvalue weighted by Crippen LogP contribution is 2.45. The largest absolute Gasteiger partial charge is 0.481 e. The molecule has 1 amide bonds. The third kappa shape index (κ3) is 6.56. The summed E-state index contributed by atoms with van der Waals surface area (Å²) in [6, 6.07) is 2.08. The summed E-state index contributed by atoms with van der Waals surface area (Å²) in [5.41, 5.74) is 0.0724. The number of benzene rings is 1. The minimum atomic E-state index is -4.54. The van der Waals surface area contributed by atoms with Crippen LogP contribution in [0.25, 0.3) is 17.0 Å². The maximum atomic E-state index is 13.2. The van der Waals surface area contributed by atoms with Gasteiger partial charge in [0.25, 0.3) is 0 Å². The molecule has 9 nitrogen and oxygen atoms in total. The van der Waals surface area contributed by atoms with E-state index in [-0.39, 0.29) is 34.8 Å². The number of ether oxygens (including phenoxy) is 3. The van der Waals surface area contributed by atoms with Gasteiger partial charge < -0.3 is 28.9 Å². The van der Waals surface area contributed by atoms with Crippen LogP contribution in [0.4, 0.5) is 23.8 Å². The zero-order valence-corrected chi connectivity index (χ0v) is 26.0. The first-order chi connectivity index (χ1) is 19.7. The number of carbonyl (C=O) groups excluding carboxylic acids is 1. The maximum Gasteiger partial charge on any atom is 0.422 e. The summed E-state index contributed by atoms with van der Waals surface area (Å²) < 4.78 is 57.0. The normalized spacial score (nSPS) is 20.7. The fraction of sp³-hybridized carbons (Fsp3) is 0.621. The average molecular weight is 657 g/mol. The van der Waals surface area contributed by atoms with Crippen molar-refractivity contribution in [1.29, 1.82) is 0 Å². The van der Waals surface area contributed by atoms with E-state index in [0.29, 0.717) is 54.0 Å². The van der Waals surface area contributed by atoms with Gasteiger partial charge in [-0.1, -0.05) is 12.7 Å². The molecule has 3 aliphatic heterocycles. The average Bonchev–Trinajstić information content (AvgIpc) is 3.50. The van der Waals surface area contributed by atoms with Crippen LogP contribution in [0, 0.1) is 5.41 Å². The van der Waals surface area contributed by atoms with Gasteiger partial charge in [0, 0.05) is 43.0 Å². The van der Waals surface area contributed by atoms with Crippen LogP contribution in [-0.2, 0) is 4.74 Å². The number of halogens is 4. The number of hydrogen-bond donors (Lipinski definition) is 0. The number of fused-ring (bicyclic) bond motifs is 1. The second kappa shape index (κ2) is 11.4. The third-order valence-corrected chi connectivity index (χ3v) is 8.81. The Bertz CT molecular complexity index is 1360. The Kier molecular flexibility index (Phi) is 8.29. The van der Waals surface area contributed by atoms with Gasteiger partial charge in [0.05, 0.1) is 4.47 Å². The van der Waals surface area contributed by atoms with Crippen molar-refractivity contribution in [2.24, 2.45) is 5.41 Å². The number of nitrogens with zero attached hydrogens (tertiary/aromatic N) is 5. The van der Waals surface area contributed by atoms with E-state index < -0.39 is 18.4 Å². The van der Waals surface area contributed by atoms with Crippen molar-refractivity contribution in [3.8, 4) is 11.8 Å². The molecule has 1 spiro atoms. The van der Waals surface area contributed by atoms with Gasteiger partial charge in [0.1, 0.15) is 23.5 Å². The predicted molar refractivity (Wildman–Crippen MR) is 157 cm³/mol. The molecular weight excluding hydrogens is 619 g/mol. The van der Waals surface area contributed by atoms with Gasteiger partial charge >= 0.3 is 18.3 Å². The molecule has 1 atom stereocenters. The van der Waals surface area contributed by atoms with Crippen LogP contribution in [-0.4, -0.2) is 96.7 Å². The smallest absolute Gasteiger partial charge is 0.422 e. The molecule has 3 saturated heterocycles. The Morgan fingerprint density at radius 1 is 1.19 bits per heavy atom. The number of likely N-dealkylation sites (N-methyl/N-ethyl adjacent to an activating group) is 1. The Morgan fingerprint density at radius 3 is 2.55 bits per heavy atom. The van der Waals surface area contributed by atoms with Gasteiger partial charge in [-0.05, 0) is 81.2 Å². The van der Waals surface area contributed by atoms with Crippen molar-refractivity contribution in [3.05, 3.63) is 22.7 Å². The highest BCUT2D eigenvalue weighted by atomic mass is 79.9. The van der Waals surface area contributed by atoms with Crippen LogP contribution in [0.3, 0.4) is 0 Å². The first-order valence-electron chi connectivity index (χ1n) is 14.1. The molecule has 2 aromatic rings. The van der Waals surface area contributed by atoms with Crippen molar-refractivity contribution in [2.75, 3.05) is 57.9 Å². The number of hydrogen-bond acceptors (Lipinski definition) is 8. The van der Waals surface area contributed by atoms with Gasteiger partial charge in [-0.25, -0.2) is 4.79 Å². The fourth-order valence-corrected chi connectivity index (χ4v) is 6.47. The Balaban J connectivity index is 1.48. The van der Waals surface area contributed by atoms with Gasteiger partial charge in [-0.2, -0.15) is 23.1 Å². The predicted octanol–water partition coefficient (Wildman–Crippen LogP) is 5.90. The van der Waals surface area contributed by atoms with Gasteiger partial charge in [-0.15, -0.1) is 0 Å². The summed E-state index contributed by atoms with van der Waals surface area (Å²) in [5.74, 6) is 0.509. The lowest BCUT2D eigenvalue weighted by molar-refractivity contribution is -0.153. The first kappa shape index (κ1) is 30.7. The number of aromatic nitrogens is 2. The van der Waals surface area contributed by atoms with E-state index in [1.54, 1.807) is 17.0 Å². The summed E-state index contributed by atoms with van der Waals surface area (Å²) in [4.78, 5) is 27.9. The monoisotopic (exact) mass is 655 g/mol. The van der Waals surface area contributed by atoms with Crippen LogP contribution >= 0.6 is 15.9 Å². The Morgan fingerprint density at radius 2 is 1.93 bits per heavy atom. The number of carbonyl (C=O) groups is 1. The van der Waals surface area contributed by atoms with Crippen molar-refractivity contribution in [1.82, 2.24) is 19.8 Å². The standard InChI is InChI=1S/C29H37BrF3N5O4/c1-6-18-12-20-22(23(21(18)30)41-17-29(31,32)33)34-25(40-13-19-8-7-10-36(19)5)35-24(20)37-11-9-28(14-37)15-38(16-28)26(39)42-27(2,3)4/h6,12,19H,1,7-11,13-17H2,2-5H3/t19-/m0/s1. The number of amides is 1. The number of rotatable bonds is 7. The second-order valence-corrected chi connectivity index (χ2v) is 13.3. The lowest BCUT2D eigenvalue weighted by Crippen LogP contribution is -2.60. The lowest BCUT2D eigenvalue weighted by Gasteiger charge is -2.47. The molecular formula is C29H37BrF3N5O4. The molecule has 4 heterocycles. The van der Waals surface area contributed by atoms with Gasteiger partial charge in [-0.3, -0.25) is 0 Å². The fourth-order valence-electron chi connectivity index (χ4n) is 5.89. The summed E-state index contributed by atoms with van der Waals surface area (Å²) in [7, 11) is 2.04. The van der Waals surface area contributed by atoms with Crippen molar-refractivity contribution in [2.45, 2.75) is 57.9 Å². The molecule has 42 heavy (non-hydrogen) atoms. The molecule has 0 aliphatic carbocycles. The maximum absolute atomic E-state index is 13.2. The van der Waals surface area contributed by atoms with Crippen LogP contribution in [0.5, 0.6) is 11.8 Å². The van der Waals surface area contributed by atoms with E-state index in [2.05, 4.69) is 37.3 Å². The molecule has 1 aromatic carbocycles. The summed E-state index contributed by atoms with van der Waals surface area (Å²) in [6.07, 6.45) is -0.457. The molecule has 0 N–H and O–H groups in total. The van der Waals surface area contributed by atoms with E-state index in [1.165, 1.54) is 0 Å². The van der Waals surface area contributed by atoms with Crippen molar-refractivity contribution < 1.29 is 32.2 Å². The minimum absolute atomic E-state index is 0.0418. The zero-order valence-electron chi connectivity index (χ0n) is 24.4. The Hall–Kier alpha value is -2.80. The van der Waals surface area contributed by atoms with Crippen LogP contribution in [0.1, 0.15) is 45.6 Å². The van der Waals surface area contributed by atoms with Crippen molar-refractivity contribution in [3.63, 3.8) is 0 Å². The van der Waals surface area contributed by atoms with E-state index in [9.17, 15) is 18.0 Å². The lowest BCUT2D eigenvalue weighted by atomic mass is 9.79. The molecule has 230 valence electrons. The van der Waals surface area contributed by atoms with E-state index in [4.69, 9.17) is 19.2 Å². The number of anilines is 1. The molecule has 0 saturated carbocycles. The molecule has 0 radical (unpaired) electrons. The molecule has 5 rings (SSSR count). The Labute approximate surface area is 252 Å². The topological polar surface area (TPSA) is 80.3 Å². The second-order valence-electron chi connectivity index (χ2n) is 12.5. The molecule has 3 aliphatic rings. The van der Waals surface area contributed by atoms with Gasteiger partial charge in [0.2, 0.25) is 0 Å². The molecule has 13 heteroatoms. The van der Waals surface area contributed by atoms with E-state index in [0.717, 1.165) is 25.8 Å². The van der Waals surface area contributed by atoms with Gasteiger partial charge in [0.15, 0.2) is 12.4 Å². The number of alkyl halides is 3. The summed E-state index contributed by atoms with van der Waals surface area (Å²) in [6.45, 7) is 11.6. The van der Waals surface area contributed by atoms with Crippen LogP contribution in [0.15, 0.2) is 17.1 Å². The minimum Gasteiger partial charge on any atom is -0.481 e. The zero-order chi connectivity index (χ0) is 30.4. The van der Waals surface area contributed by atoms with Crippen molar-refractivity contribution >= 4 is 44.8 Å². The highest BCUT2D eigenvalue weighted by molar-refractivity contribution is 9.10. The molecule has 0 bridgehead atoms. The number of likely N-dealkylation sites (tertiary alicyclic amines) is 2. The van der Waals surface area contributed by atoms with Crippen LogP contribution in [0.2, 0.25) is 0 Å². The van der Waals surface area contributed by atoms with E-state index in [1.807, 2.05) is 27.8 Å². The third-order valence-electron chi connectivity index (χ3n) is 7.99. The molecule has 1 aromatic heterocycles. The summed E-state index contributed by atoms with van der Waals surface area (Å²) >= 11 is 3.41. The summed E-state index contributed by atoms with van der Waals surface area (Å²) in [5, 5.41) is 0.538. The molecule has 0 unspecified atom stereocenters. The SMILES string of the molecule is C=Cc1cc2c(N3CCC4(CN(C(=O)OC(C)(C)C)C4)C3)nc(OC[C@@H]3CCCN3C)nc2c(OCC(F)(F)F)c1Br.